The monoisotopic (exact) mass is 538 g/mol. The Morgan fingerprint density at radius 2 is 1.80 bits per heavy atom. The van der Waals surface area contributed by atoms with Crippen LogP contribution in [0.25, 0.3) is 0 Å². The smallest absolute Gasteiger partial charge is 0.410 e. The van der Waals surface area contributed by atoms with Gasteiger partial charge in [-0.25, -0.2) is 4.79 Å². The molecule has 2 N–H and O–H groups in total. The number of hydrogen-bond donors (Lipinski definition) is 2. The molecule has 2 atom stereocenters. The number of carbonyl (C=O) groups excluding carboxylic acids is 1. The molecule has 8 nitrogen and oxygen atoms in total. The van der Waals surface area contributed by atoms with Crippen LogP contribution in [0, 0.1) is 0 Å². The number of halogens is 1. The standard InChI is InChI=1S/C21H38N4O4.HI/c1-20(2,3)29-19(26)25-16-6-7-17(25)13-15(12-16)24-18(22-4)23-14-21(27-5)8-10-28-11-9-21;/h15-17H,6-14H2,1-5H3,(H2,22,23,24);1H. The minimum Gasteiger partial charge on any atom is -0.444 e. The summed E-state index contributed by atoms with van der Waals surface area (Å²) in [4.78, 5) is 19.0. The molecular formula is C21H39IN4O4. The van der Waals surface area contributed by atoms with Crippen molar-refractivity contribution in [3.05, 3.63) is 0 Å². The maximum Gasteiger partial charge on any atom is 0.410 e. The van der Waals surface area contributed by atoms with Crippen molar-refractivity contribution in [2.75, 3.05) is 33.9 Å². The first kappa shape index (κ1) is 25.5. The predicted molar refractivity (Wildman–Crippen MR) is 128 cm³/mol. The zero-order valence-corrected chi connectivity index (χ0v) is 21.4. The Balaban J connectivity index is 0.00000320. The van der Waals surface area contributed by atoms with Gasteiger partial charge in [-0.3, -0.25) is 4.99 Å². The molecule has 0 spiro atoms. The number of nitrogens with zero attached hydrogens (tertiary/aromatic N) is 2. The number of methoxy groups -OCH3 is 1. The summed E-state index contributed by atoms with van der Waals surface area (Å²) in [5, 5.41) is 7.01. The van der Waals surface area contributed by atoms with Crippen LogP contribution in [0.4, 0.5) is 4.79 Å². The van der Waals surface area contributed by atoms with E-state index in [0.717, 1.165) is 57.7 Å². The largest absolute Gasteiger partial charge is 0.444 e. The van der Waals surface area contributed by atoms with Gasteiger partial charge in [0.15, 0.2) is 5.96 Å². The van der Waals surface area contributed by atoms with Crippen molar-refractivity contribution >= 4 is 36.0 Å². The van der Waals surface area contributed by atoms with E-state index in [0.29, 0.717) is 12.6 Å². The van der Waals surface area contributed by atoms with Gasteiger partial charge in [-0.1, -0.05) is 0 Å². The number of ether oxygens (including phenoxy) is 3. The van der Waals surface area contributed by atoms with Crippen LogP contribution >= 0.6 is 24.0 Å². The van der Waals surface area contributed by atoms with E-state index >= 15 is 0 Å². The maximum absolute atomic E-state index is 12.6. The summed E-state index contributed by atoms with van der Waals surface area (Å²) in [5.41, 5.74) is -0.659. The molecular weight excluding hydrogens is 499 g/mol. The number of nitrogens with one attached hydrogen (secondary N) is 2. The Morgan fingerprint density at radius 3 is 2.30 bits per heavy atom. The number of guanidine groups is 1. The molecule has 3 saturated heterocycles. The van der Waals surface area contributed by atoms with E-state index in [-0.39, 0.29) is 47.8 Å². The van der Waals surface area contributed by atoms with Crippen LogP contribution in [-0.4, -0.2) is 80.2 Å². The molecule has 2 unspecified atom stereocenters. The first-order valence-electron chi connectivity index (χ1n) is 10.9. The zero-order chi connectivity index (χ0) is 21.1. The molecule has 0 aliphatic carbocycles. The van der Waals surface area contributed by atoms with E-state index in [2.05, 4.69) is 15.6 Å². The molecule has 3 aliphatic heterocycles. The van der Waals surface area contributed by atoms with Crippen LogP contribution in [0.5, 0.6) is 0 Å². The highest BCUT2D eigenvalue weighted by atomic mass is 127. The predicted octanol–water partition coefficient (Wildman–Crippen LogP) is 2.90. The summed E-state index contributed by atoms with van der Waals surface area (Å²) in [6.45, 7) is 7.92. The highest BCUT2D eigenvalue weighted by molar-refractivity contribution is 14.0. The zero-order valence-electron chi connectivity index (χ0n) is 19.0. The second-order valence-corrected chi connectivity index (χ2v) is 9.51. The first-order valence-corrected chi connectivity index (χ1v) is 10.9. The fraction of sp³-hybridized carbons (Fsp3) is 0.905. The van der Waals surface area contributed by atoms with Crippen LogP contribution in [0.1, 0.15) is 59.3 Å². The highest BCUT2D eigenvalue weighted by Gasteiger charge is 2.45. The Hall–Kier alpha value is -0.810. The minimum absolute atomic E-state index is 0. The van der Waals surface area contributed by atoms with Crippen molar-refractivity contribution in [2.45, 2.75) is 88.6 Å². The fourth-order valence-electron chi connectivity index (χ4n) is 4.74. The summed E-state index contributed by atoms with van der Waals surface area (Å²) >= 11 is 0. The number of rotatable bonds is 4. The molecule has 30 heavy (non-hydrogen) atoms. The van der Waals surface area contributed by atoms with Crippen molar-refractivity contribution in [1.29, 1.82) is 0 Å². The second-order valence-electron chi connectivity index (χ2n) is 9.51. The van der Waals surface area contributed by atoms with Gasteiger partial charge in [0.05, 0.1) is 5.60 Å². The van der Waals surface area contributed by atoms with Crippen LogP contribution in [0.15, 0.2) is 4.99 Å². The Kier molecular flexibility index (Phi) is 9.05. The number of aliphatic imine (C=N–C) groups is 1. The molecule has 1 amide bonds. The molecule has 174 valence electrons. The molecule has 0 saturated carbocycles. The minimum atomic E-state index is -0.459. The van der Waals surface area contributed by atoms with Crippen molar-refractivity contribution in [1.82, 2.24) is 15.5 Å². The number of piperidine rings is 1. The molecule has 0 aromatic carbocycles. The van der Waals surface area contributed by atoms with Gasteiger partial charge in [-0.15, -0.1) is 24.0 Å². The lowest BCUT2D eigenvalue weighted by Crippen LogP contribution is -2.56. The van der Waals surface area contributed by atoms with Gasteiger partial charge < -0.3 is 29.7 Å². The summed E-state index contributed by atoms with van der Waals surface area (Å²) in [5.74, 6) is 0.794. The van der Waals surface area contributed by atoms with Gasteiger partial charge in [-0.2, -0.15) is 0 Å². The third-order valence-corrected chi connectivity index (χ3v) is 6.32. The summed E-state index contributed by atoms with van der Waals surface area (Å²) in [6, 6.07) is 0.769. The normalized spacial score (nSPS) is 28.5. The van der Waals surface area contributed by atoms with Crippen molar-refractivity contribution in [3.63, 3.8) is 0 Å². The molecule has 9 heteroatoms. The highest BCUT2D eigenvalue weighted by Crippen LogP contribution is 2.36. The summed E-state index contributed by atoms with van der Waals surface area (Å²) in [7, 11) is 3.57. The molecule has 3 heterocycles. The van der Waals surface area contributed by atoms with Crippen molar-refractivity contribution < 1.29 is 19.0 Å². The van der Waals surface area contributed by atoms with Crippen LogP contribution in [0.2, 0.25) is 0 Å². The van der Waals surface area contributed by atoms with Gasteiger partial charge in [0.1, 0.15) is 5.60 Å². The SMILES string of the molecule is CN=C(NCC1(OC)CCOCC1)NC1CC2CCC(C1)N2C(=O)OC(C)(C)C.I. The van der Waals surface area contributed by atoms with Gasteiger partial charge in [0.25, 0.3) is 0 Å². The third-order valence-electron chi connectivity index (χ3n) is 6.32. The van der Waals surface area contributed by atoms with E-state index in [9.17, 15) is 4.79 Å². The van der Waals surface area contributed by atoms with E-state index in [1.807, 2.05) is 25.7 Å². The van der Waals surface area contributed by atoms with E-state index in [1.54, 1.807) is 14.2 Å². The molecule has 0 aromatic heterocycles. The number of fused-ring (bicyclic) bond motifs is 2. The Morgan fingerprint density at radius 1 is 1.20 bits per heavy atom. The second kappa shape index (κ2) is 10.7. The molecule has 0 radical (unpaired) electrons. The molecule has 3 fully saturated rings. The summed E-state index contributed by atoms with van der Waals surface area (Å²) < 4.78 is 16.9. The van der Waals surface area contributed by atoms with Gasteiger partial charge in [0, 0.05) is 64.9 Å². The number of amides is 1. The summed E-state index contributed by atoms with van der Waals surface area (Å²) in [6.07, 6.45) is 5.51. The van der Waals surface area contributed by atoms with E-state index in [4.69, 9.17) is 14.2 Å². The van der Waals surface area contributed by atoms with Gasteiger partial charge >= 0.3 is 6.09 Å². The molecule has 0 aromatic rings. The average molecular weight is 538 g/mol. The van der Waals surface area contributed by atoms with Crippen LogP contribution in [0.3, 0.4) is 0 Å². The lowest BCUT2D eigenvalue weighted by atomic mass is 9.94. The van der Waals surface area contributed by atoms with Gasteiger partial charge in [-0.05, 0) is 46.5 Å². The Labute approximate surface area is 197 Å². The quantitative estimate of drug-likeness (QED) is 0.326. The molecule has 3 rings (SSSR count). The maximum atomic E-state index is 12.6. The van der Waals surface area contributed by atoms with Crippen LogP contribution < -0.4 is 10.6 Å². The van der Waals surface area contributed by atoms with Crippen molar-refractivity contribution in [3.8, 4) is 0 Å². The van der Waals surface area contributed by atoms with E-state index < -0.39 is 5.60 Å². The first-order chi connectivity index (χ1) is 13.8. The van der Waals surface area contributed by atoms with E-state index in [1.165, 1.54) is 0 Å². The van der Waals surface area contributed by atoms with Gasteiger partial charge in [0.2, 0.25) is 0 Å². The lowest BCUT2D eigenvalue weighted by Gasteiger charge is -2.40. The van der Waals surface area contributed by atoms with Crippen LogP contribution in [-0.2, 0) is 14.2 Å². The Bertz CT molecular complexity index is 590. The van der Waals surface area contributed by atoms with Crippen molar-refractivity contribution in [2.24, 2.45) is 4.99 Å². The molecule has 3 aliphatic rings. The fourth-order valence-corrected chi connectivity index (χ4v) is 4.74. The third kappa shape index (κ3) is 6.35. The number of carbonyl (C=O) groups is 1. The molecule has 2 bridgehead atoms. The number of hydrogen-bond acceptors (Lipinski definition) is 5. The topological polar surface area (TPSA) is 84.4 Å². The lowest BCUT2D eigenvalue weighted by molar-refractivity contribution is -0.0856. The average Bonchev–Trinajstić information content (AvgIpc) is 2.95.